The van der Waals surface area contributed by atoms with Gasteiger partial charge in [-0.2, -0.15) is 0 Å². The van der Waals surface area contributed by atoms with Gasteiger partial charge < -0.3 is 14.2 Å². The second-order valence-corrected chi connectivity index (χ2v) is 22.0. The van der Waals surface area contributed by atoms with Crippen molar-refractivity contribution in [3.05, 3.63) is 60.8 Å². The number of hydrogen-bond acceptors (Lipinski definition) is 6. The first-order valence-electron chi connectivity index (χ1n) is 32.8. The minimum absolute atomic E-state index is 0.0796. The molecule has 0 saturated heterocycles. The maximum Gasteiger partial charge on any atom is 0.306 e. The van der Waals surface area contributed by atoms with Crippen molar-refractivity contribution in [1.82, 2.24) is 0 Å². The van der Waals surface area contributed by atoms with Gasteiger partial charge in [-0.15, -0.1) is 0 Å². The summed E-state index contributed by atoms with van der Waals surface area (Å²) in [5.41, 5.74) is 0. The Hall–Kier alpha value is -2.89. The fourth-order valence-corrected chi connectivity index (χ4v) is 9.49. The molecule has 0 N–H and O–H groups in total. The Morgan fingerprint density at radius 2 is 0.493 bits per heavy atom. The summed E-state index contributed by atoms with van der Waals surface area (Å²) < 4.78 is 16.9. The van der Waals surface area contributed by atoms with Crippen molar-refractivity contribution < 1.29 is 28.6 Å². The number of carbonyl (C=O) groups is 3. The zero-order valence-corrected chi connectivity index (χ0v) is 50.1. The topological polar surface area (TPSA) is 78.9 Å². The molecule has 1 unspecified atom stereocenters. The van der Waals surface area contributed by atoms with Crippen molar-refractivity contribution >= 4 is 17.9 Å². The molecule has 6 heteroatoms. The highest BCUT2D eigenvalue weighted by Gasteiger charge is 2.19. The summed E-state index contributed by atoms with van der Waals surface area (Å²) in [6.07, 6.45) is 81.1. The van der Waals surface area contributed by atoms with Crippen LogP contribution in [0.1, 0.15) is 342 Å². The fraction of sp³-hybridized carbons (Fsp3) is 0.812. The molecule has 0 fully saturated rings. The zero-order chi connectivity index (χ0) is 54.3. The average molecular weight is 1050 g/mol. The van der Waals surface area contributed by atoms with Gasteiger partial charge in [0.05, 0.1) is 0 Å². The van der Waals surface area contributed by atoms with E-state index in [1.54, 1.807) is 0 Å². The molecule has 0 spiro atoms. The normalized spacial score (nSPS) is 12.4. The molecule has 1 atom stereocenters. The number of ether oxygens (including phenoxy) is 3. The third-order valence-electron chi connectivity index (χ3n) is 14.5. The van der Waals surface area contributed by atoms with Crippen LogP contribution >= 0.6 is 0 Å². The summed E-state index contributed by atoms with van der Waals surface area (Å²) >= 11 is 0. The smallest absolute Gasteiger partial charge is 0.306 e. The van der Waals surface area contributed by atoms with Crippen molar-refractivity contribution in [3.8, 4) is 0 Å². The zero-order valence-electron chi connectivity index (χ0n) is 50.1. The van der Waals surface area contributed by atoms with Crippen molar-refractivity contribution in [2.24, 2.45) is 0 Å². The molecular weight excluding hydrogens is 925 g/mol. The molecule has 75 heavy (non-hydrogen) atoms. The van der Waals surface area contributed by atoms with Gasteiger partial charge in [-0.3, -0.25) is 14.4 Å². The van der Waals surface area contributed by atoms with Gasteiger partial charge >= 0.3 is 17.9 Å². The van der Waals surface area contributed by atoms with E-state index in [2.05, 4.69) is 81.5 Å². The van der Waals surface area contributed by atoms with E-state index < -0.39 is 6.10 Å². The number of unbranched alkanes of at least 4 members (excludes halogenated alkanes) is 39. The van der Waals surface area contributed by atoms with Gasteiger partial charge in [0.25, 0.3) is 0 Å². The minimum Gasteiger partial charge on any atom is -0.462 e. The molecule has 0 saturated carbocycles. The number of carbonyl (C=O) groups excluding carboxylic acids is 3. The molecule has 0 bridgehead atoms. The maximum atomic E-state index is 12.9. The van der Waals surface area contributed by atoms with Gasteiger partial charge in [-0.25, -0.2) is 0 Å². The highest BCUT2D eigenvalue weighted by Crippen LogP contribution is 2.17. The molecule has 0 aromatic rings. The standard InChI is InChI=1S/C69H124O6/c1-4-7-10-13-16-19-22-24-26-27-28-29-30-31-32-33-34-35-36-37-38-39-40-41-43-44-47-50-53-56-59-62-68(71)74-65-66(64-73-67(70)61-58-55-52-49-46-21-18-15-12-9-6-3)75-69(72)63-60-57-54-51-48-45-42-25-23-20-17-14-11-8-5-2/h15,17-18,20,22,24-25,27-28,42,66H,4-14,16,19,21,23,26,29-41,43-65H2,1-3H3/b18-15-,20-17-,24-22-,28-27-,42-25-. The third-order valence-corrected chi connectivity index (χ3v) is 14.5. The average Bonchev–Trinajstić information content (AvgIpc) is 3.41. The highest BCUT2D eigenvalue weighted by atomic mass is 16.6. The lowest BCUT2D eigenvalue weighted by Crippen LogP contribution is -2.30. The number of rotatable bonds is 60. The Morgan fingerprint density at radius 3 is 0.813 bits per heavy atom. The monoisotopic (exact) mass is 1050 g/mol. The second kappa shape index (κ2) is 63.6. The van der Waals surface area contributed by atoms with Crippen LogP contribution in [-0.2, 0) is 28.6 Å². The van der Waals surface area contributed by atoms with E-state index >= 15 is 0 Å². The van der Waals surface area contributed by atoms with E-state index in [4.69, 9.17) is 14.2 Å². The number of hydrogen-bond donors (Lipinski definition) is 0. The molecule has 0 aliphatic rings. The lowest BCUT2D eigenvalue weighted by atomic mass is 10.0. The summed E-state index contributed by atoms with van der Waals surface area (Å²) in [4.78, 5) is 38.2. The Labute approximate surface area is 466 Å². The van der Waals surface area contributed by atoms with Gasteiger partial charge in [0, 0.05) is 19.3 Å². The Balaban J connectivity index is 4.12. The first kappa shape index (κ1) is 72.1. The van der Waals surface area contributed by atoms with E-state index in [0.717, 1.165) is 96.3 Å². The molecular formula is C69H124O6. The summed E-state index contributed by atoms with van der Waals surface area (Å²) in [7, 11) is 0. The Bertz CT molecular complexity index is 1340. The fourth-order valence-electron chi connectivity index (χ4n) is 9.49. The van der Waals surface area contributed by atoms with Crippen molar-refractivity contribution in [3.63, 3.8) is 0 Å². The van der Waals surface area contributed by atoms with E-state index in [-0.39, 0.29) is 31.1 Å². The minimum atomic E-state index is -0.783. The van der Waals surface area contributed by atoms with Crippen LogP contribution in [0.25, 0.3) is 0 Å². The molecule has 0 aliphatic carbocycles. The van der Waals surface area contributed by atoms with Crippen molar-refractivity contribution in [2.75, 3.05) is 13.2 Å². The highest BCUT2D eigenvalue weighted by molar-refractivity contribution is 5.71. The number of esters is 3. The maximum absolute atomic E-state index is 12.9. The third kappa shape index (κ3) is 61.8. The van der Waals surface area contributed by atoms with Crippen LogP contribution < -0.4 is 0 Å². The van der Waals surface area contributed by atoms with E-state index in [0.29, 0.717) is 19.3 Å². The lowest BCUT2D eigenvalue weighted by Gasteiger charge is -2.18. The first-order chi connectivity index (χ1) is 37.0. The van der Waals surface area contributed by atoms with E-state index in [9.17, 15) is 14.4 Å². The van der Waals surface area contributed by atoms with Crippen molar-refractivity contribution in [2.45, 2.75) is 348 Å². The lowest BCUT2D eigenvalue weighted by molar-refractivity contribution is -0.167. The van der Waals surface area contributed by atoms with Crippen LogP contribution in [0.5, 0.6) is 0 Å². The van der Waals surface area contributed by atoms with Gasteiger partial charge in [0.1, 0.15) is 13.2 Å². The quantitative estimate of drug-likeness (QED) is 0.0261. The van der Waals surface area contributed by atoms with Crippen molar-refractivity contribution in [1.29, 1.82) is 0 Å². The van der Waals surface area contributed by atoms with E-state index in [1.165, 1.54) is 205 Å². The Morgan fingerprint density at radius 1 is 0.267 bits per heavy atom. The molecule has 0 radical (unpaired) electrons. The SMILES string of the molecule is CCCC/C=C\CCCCCCCC(=O)OCC(COC(=O)CCCCCCCCCCCCCCCCCCCCC/C=C\C/C=C\CCCCCCC)OC(=O)CCCCCCC/C=C\C/C=C\CCCCC. The van der Waals surface area contributed by atoms with Gasteiger partial charge in [-0.1, -0.05) is 281 Å². The van der Waals surface area contributed by atoms with Crippen LogP contribution in [0, 0.1) is 0 Å². The van der Waals surface area contributed by atoms with Gasteiger partial charge in [-0.05, 0) is 103 Å². The molecule has 0 heterocycles. The molecule has 0 aliphatic heterocycles. The molecule has 6 nitrogen and oxygen atoms in total. The van der Waals surface area contributed by atoms with Crippen LogP contribution in [0.3, 0.4) is 0 Å². The molecule has 0 rings (SSSR count). The summed E-state index contributed by atoms with van der Waals surface area (Å²) in [6.45, 7) is 6.58. The van der Waals surface area contributed by atoms with Crippen LogP contribution in [-0.4, -0.2) is 37.2 Å². The summed E-state index contributed by atoms with van der Waals surface area (Å²) in [6, 6.07) is 0. The van der Waals surface area contributed by atoms with E-state index in [1.807, 2.05) is 0 Å². The second-order valence-electron chi connectivity index (χ2n) is 22.0. The van der Waals surface area contributed by atoms with Crippen LogP contribution in [0.2, 0.25) is 0 Å². The Kier molecular flexibility index (Phi) is 61.2. The molecule has 0 amide bonds. The molecule has 0 aromatic heterocycles. The van der Waals surface area contributed by atoms with Crippen LogP contribution in [0.4, 0.5) is 0 Å². The number of allylic oxidation sites excluding steroid dienone is 10. The predicted octanol–water partition coefficient (Wildman–Crippen LogP) is 22.3. The molecule has 0 aromatic carbocycles. The summed E-state index contributed by atoms with van der Waals surface area (Å²) in [5.74, 6) is -0.889. The first-order valence-corrected chi connectivity index (χ1v) is 32.8. The van der Waals surface area contributed by atoms with Gasteiger partial charge in [0.2, 0.25) is 0 Å². The van der Waals surface area contributed by atoms with Crippen LogP contribution in [0.15, 0.2) is 60.8 Å². The molecule has 436 valence electrons. The predicted molar refractivity (Wildman–Crippen MR) is 325 cm³/mol. The summed E-state index contributed by atoms with van der Waals surface area (Å²) in [5, 5.41) is 0. The van der Waals surface area contributed by atoms with Gasteiger partial charge in [0.15, 0.2) is 6.10 Å². The largest absolute Gasteiger partial charge is 0.462 e.